The largest absolute Gasteiger partial charge is 0.486 e. The van der Waals surface area contributed by atoms with Crippen LogP contribution < -0.4 is 9.64 Å². The molecule has 2 heterocycles. The lowest BCUT2D eigenvalue weighted by Crippen LogP contribution is -2.29. The number of aromatic nitrogens is 2. The molecule has 0 amide bonds. The first-order valence-corrected chi connectivity index (χ1v) is 8.22. The molecule has 25 heavy (non-hydrogen) atoms. The topological polar surface area (TPSA) is 50.6 Å². The number of hydrogen-bond donors (Lipinski definition) is 0. The molecule has 0 saturated carbocycles. The second-order valence-corrected chi connectivity index (χ2v) is 5.85. The van der Waals surface area contributed by atoms with Gasteiger partial charge in [-0.1, -0.05) is 60.7 Å². The van der Waals surface area contributed by atoms with Gasteiger partial charge in [0.25, 0.3) is 0 Å². The lowest BCUT2D eigenvalue weighted by molar-refractivity contribution is 0.310. The average Bonchev–Trinajstić information content (AvgIpc) is 2.68. The molecule has 3 aromatic rings. The molecular weight excluding hydrogens is 312 g/mol. The summed E-state index contributed by atoms with van der Waals surface area (Å²) in [5.74, 6) is 1.19. The number of hydrogen-bond acceptors (Lipinski definition) is 5. The van der Waals surface area contributed by atoms with Crippen molar-refractivity contribution in [2.24, 2.45) is 4.99 Å². The summed E-state index contributed by atoms with van der Waals surface area (Å²) in [6, 6.07) is 20.2. The Morgan fingerprint density at radius 3 is 2.28 bits per heavy atom. The van der Waals surface area contributed by atoms with E-state index in [0.29, 0.717) is 18.2 Å². The van der Waals surface area contributed by atoms with Crippen LogP contribution in [-0.4, -0.2) is 36.1 Å². The predicted octanol–water partition coefficient (Wildman–Crippen LogP) is 3.47. The minimum absolute atomic E-state index is 0.506. The fourth-order valence-corrected chi connectivity index (χ4v) is 2.84. The number of likely N-dealkylation sites (N-methyl/N-ethyl adjacent to an activating group) is 1. The van der Waals surface area contributed by atoms with Crippen LogP contribution in [0.5, 0.6) is 5.75 Å². The third-order valence-corrected chi connectivity index (χ3v) is 4.16. The van der Waals surface area contributed by atoms with E-state index in [4.69, 9.17) is 9.73 Å². The van der Waals surface area contributed by atoms with Gasteiger partial charge < -0.3 is 9.64 Å². The van der Waals surface area contributed by atoms with Gasteiger partial charge in [0.2, 0.25) is 5.82 Å². The number of benzene rings is 2. The second-order valence-electron chi connectivity index (χ2n) is 5.85. The van der Waals surface area contributed by atoms with E-state index >= 15 is 0 Å². The Balaban J connectivity index is 1.88. The van der Waals surface area contributed by atoms with Crippen molar-refractivity contribution in [3.8, 4) is 5.75 Å². The van der Waals surface area contributed by atoms with E-state index in [2.05, 4.69) is 15.1 Å². The van der Waals surface area contributed by atoms with Gasteiger partial charge in [-0.25, -0.2) is 4.99 Å². The van der Waals surface area contributed by atoms with Crippen molar-refractivity contribution in [3.63, 3.8) is 0 Å². The lowest BCUT2D eigenvalue weighted by Gasteiger charge is -2.27. The maximum absolute atomic E-state index is 5.85. The first kappa shape index (κ1) is 15.3. The van der Waals surface area contributed by atoms with Crippen LogP contribution in [0.1, 0.15) is 11.1 Å². The number of nitrogens with zero attached hydrogens (tertiary/aromatic N) is 4. The van der Waals surface area contributed by atoms with Crippen molar-refractivity contribution in [2.75, 3.05) is 25.1 Å². The Morgan fingerprint density at radius 1 is 1.00 bits per heavy atom. The number of aliphatic imine (C=N–C) groups is 1. The zero-order chi connectivity index (χ0) is 17.1. The molecule has 0 atom stereocenters. The minimum Gasteiger partial charge on any atom is -0.486 e. The van der Waals surface area contributed by atoms with E-state index in [-0.39, 0.29) is 0 Å². The molecule has 1 aliphatic heterocycles. The highest BCUT2D eigenvalue weighted by Crippen LogP contribution is 2.37. The number of ether oxygens (including phenoxy) is 1. The van der Waals surface area contributed by atoms with Crippen LogP contribution >= 0.6 is 0 Å². The normalized spacial score (nSPS) is 12.9. The third-order valence-electron chi connectivity index (χ3n) is 4.16. The summed E-state index contributed by atoms with van der Waals surface area (Å²) >= 11 is 0. The number of rotatable bonds is 3. The van der Waals surface area contributed by atoms with Crippen LogP contribution in [0.3, 0.4) is 0 Å². The Kier molecular flexibility index (Phi) is 4.12. The SMILES string of the molecule is CN1CCOc2c1cnnc2N=C(c1ccccc1)c1ccccc1. The molecule has 5 nitrogen and oxygen atoms in total. The van der Waals surface area contributed by atoms with E-state index in [9.17, 15) is 0 Å². The monoisotopic (exact) mass is 330 g/mol. The van der Waals surface area contributed by atoms with Crippen LogP contribution in [-0.2, 0) is 0 Å². The summed E-state index contributed by atoms with van der Waals surface area (Å²) in [4.78, 5) is 6.95. The van der Waals surface area contributed by atoms with Crippen LogP contribution in [0.15, 0.2) is 71.9 Å². The molecule has 0 bridgehead atoms. The van der Waals surface area contributed by atoms with Crippen molar-refractivity contribution >= 4 is 17.2 Å². The summed E-state index contributed by atoms with van der Waals surface area (Å²) in [6.45, 7) is 1.44. The van der Waals surface area contributed by atoms with Crippen LogP contribution in [0, 0.1) is 0 Å². The Labute approximate surface area is 146 Å². The highest BCUT2D eigenvalue weighted by atomic mass is 16.5. The van der Waals surface area contributed by atoms with Crippen molar-refractivity contribution < 1.29 is 4.74 Å². The van der Waals surface area contributed by atoms with Crippen molar-refractivity contribution in [1.29, 1.82) is 0 Å². The standard InChI is InChI=1S/C20H18N4O/c1-24-12-13-25-19-17(24)14-21-23-20(19)22-18(15-8-4-2-5-9-15)16-10-6-3-7-11-16/h2-11,14H,12-13H2,1H3. The maximum atomic E-state index is 5.85. The molecule has 0 aliphatic carbocycles. The summed E-state index contributed by atoms with van der Waals surface area (Å²) in [7, 11) is 2.02. The first-order chi connectivity index (χ1) is 12.3. The van der Waals surface area contributed by atoms with Gasteiger partial charge in [0, 0.05) is 18.2 Å². The molecule has 124 valence electrons. The molecule has 0 saturated heterocycles. The Morgan fingerprint density at radius 2 is 1.64 bits per heavy atom. The van der Waals surface area contributed by atoms with Crippen LogP contribution in [0.2, 0.25) is 0 Å². The fourth-order valence-electron chi connectivity index (χ4n) is 2.84. The lowest BCUT2D eigenvalue weighted by atomic mass is 10.0. The molecule has 2 aromatic carbocycles. The molecule has 0 unspecified atom stereocenters. The molecule has 5 heteroatoms. The van der Waals surface area contributed by atoms with Crippen molar-refractivity contribution in [1.82, 2.24) is 10.2 Å². The zero-order valence-corrected chi connectivity index (χ0v) is 14.0. The molecule has 1 aliphatic rings. The minimum atomic E-state index is 0.506. The maximum Gasteiger partial charge on any atom is 0.219 e. The highest BCUT2D eigenvalue weighted by molar-refractivity contribution is 6.14. The third kappa shape index (κ3) is 3.08. The van der Waals surface area contributed by atoms with Crippen molar-refractivity contribution in [2.45, 2.75) is 0 Å². The van der Waals surface area contributed by atoms with Crippen molar-refractivity contribution in [3.05, 3.63) is 78.0 Å². The number of anilines is 1. The molecule has 0 spiro atoms. The number of fused-ring (bicyclic) bond motifs is 1. The summed E-state index contributed by atoms with van der Waals surface area (Å²) in [5, 5.41) is 8.34. The molecule has 0 radical (unpaired) electrons. The van der Waals surface area contributed by atoms with Gasteiger partial charge in [0.1, 0.15) is 12.3 Å². The Hall–Kier alpha value is -3.21. The van der Waals surface area contributed by atoms with Gasteiger partial charge in [-0.15, -0.1) is 5.10 Å². The van der Waals surface area contributed by atoms with E-state index in [1.165, 1.54) is 0 Å². The van der Waals surface area contributed by atoms with E-state index < -0.39 is 0 Å². The molecule has 0 N–H and O–H groups in total. The van der Waals surface area contributed by atoms with E-state index in [1.807, 2.05) is 67.7 Å². The fraction of sp³-hybridized carbons (Fsp3) is 0.150. The van der Waals surface area contributed by atoms with Gasteiger partial charge in [-0.2, -0.15) is 5.10 Å². The van der Waals surface area contributed by atoms with Gasteiger partial charge in [0.15, 0.2) is 5.75 Å². The smallest absolute Gasteiger partial charge is 0.219 e. The summed E-state index contributed by atoms with van der Waals surface area (Å²) < 4.78 is 5.85. The van der Waals surface area contributed by atoms with Crippen LogP contribution in [0.4, 0.5) is 11.5 Å². The quantitative estimate of drug-likeness (QED) is 0.690. The predicted molar refractivity (Wildman–Crippen MR) is 99.0 cm³/mol. The molecule has 0 fully saturated rings. The van der Waals surface area contributed by atoms with Crippen LogP contribution in [0.25, 0.3) is 0 Å². The highest BCUT2D eigenvalue weighted by Gasteiger charge is 2.21. The van der Waals surface area contributed by atoms with Gasteiger partial charge >= 0.3 is 0 Å². The van der Waals surface area contributed by atoms with Gasteiger partial charge in [0.05, 0.1) is 18.5 Å². The zero-order valence-electron chi connectivity index (χ0n) is 14.0. The summed E-state index contributed by atoms with van der Waals surface area (Å²) in [6.07, 6.45) is 1.72. The van der Waals surface area contributed by atoms with Gasteiger partial charge in [-0.3, -0.25) is 0 Å². The summed E-state index contributed by atoms with van der Waals surface area (Å²) in [5.41, 5.74) is 3.82. The first-order valence-electron chi connectivity index (χ1n) is 8.22. The van der Waals surface area contributed by atoms with E-state index in [0.717, 1.165) is 29.1 Å². The Bertz CT molecular complexity index is 853. The second kappa shape index (κ2) is 6.73. The van der Waals surface area contributed by atoms with Gasteiger partial charge in [-0.05, 0) is 0 Å². The molecular formula is C20H18N4O. The van der Waals surface area contributed by atoms with E-state index in [1.54, 1.807) is 6.20 Å². The average molecular weight is 330 g/mol. The molecule has 4 rings (SSSR count). The molecule has 1 aromatic heterocycles.